The minimum Gasteiger partial charge on any atom is -0.493 e. The molecular formula is C16H21N2O5+. The van der Waals surface area contributed by atoms with E-state index in [0.717, 1.165) is 18.0 Å². The lowest BCUT2D eigenvalue weighted by Gasteiger charge is -2.27. The number of rotatable bonds is 4. The van der Waals surface area contributed by atoms with Crippen molar-refractivity contribution in [2.45, 2.75) is 12.5 Å². The smallest absolute Gasteiger partial charge is 0.292 e. The lowest BCUT2D eigenvalue weighted by molar-refractivity contribution is -0.922. The lowest BCUT2D eigenvalue weighted by Crippen LogP contribution is -3.18. The van der Waals surface area contributed by atoms with E-state index >= 15 is 0 Å². The summed E-state index contributed by atoms with van der Waals surface area (Å²) in [7, 11) is 3.07. The molecule has 2 saturated heterocycles. The largest absolute Gasteiger partial charge is 0.493 e. The Labute approximate surface area is 134 Å². The average molecular weight is 321 g/mol. The second kappa shape index (κ2) is 6.55. The van der Waals surface area contributed by atoms with Crippen molar-refractivity contribution in [1.29, 1.82) is 0 Å². The molecule has 0 radical (unpaired) electrons. The van der Waals surface area contributed by atoms with E-state index in [4.69, 9.17) is 14.2 Å². The van der Waals surface area contributed by atoms with E-state index in [9.17, 15) is 9.59 Å². The van der Waals surface area contributed by atoms with Crippen molar-refractivity contribution in [3.63, 3.8) is 0 Å². The number of anilines is 1. The van der Waals surface area contributed by atoms with Gasteiger partial charge in [0.15, 0.2) is 17.5 Å². The van der Waals surface area contributed by atoms with Crippen LogP contribution in [0.15, 0.2) is 18.2 Å². The Balaban J connectivity index is 1.85. The van der Waals surface area contributed by atoms with Gasteiger partial charge in [0.05, 0.1) is 39.5 Å². The van der Waals surface area contributed by atoms with Crippen molar-refractivity contribution in [3.05, 3.63) is 18.2 Å². The number of morpholine rings is 1. The van der Waals surface area contributed by atoms with Gasteiger partial charge in [-0.1, -0.05) is 0 Å². The monoisotopic (exact) mass is 321 g/mol. The zero-order valence-electron chi connectivity index (χ0n) is 13.3. The Kier molecular flexibility index (Phi) is 4.49. The summed E-state index contributed by atoms with van der Waals surface area (Å²) in [4.78, 5) is 27.5. The van der Waals surface area contributed by atoms with Gasteiger partial charge in [-0.05, 0) is 12.1 Å². The Morgan fingerprint density at radius 3 is 2.48 bits per heavy atom. The van der Waals surface area contributed by atoms with Crippen LogP contribution in [-0.4, -0.2) is 58.4 Å². The van der Waals surface area contributed by atoms with Crippen molar-refractivity contribution in [3.8, 4) is 11.5 Å². The molecule has 0 unspecified atom stereocenters. The highest BCUT2D eigenvalue weighted by Gasteiger charge is 2.46. The Hall–Kier alpha value is -2.12. The summed E-state index contributed by atoms with van der Waals surface area (Å²) in [5.74, 6) is 0.726. The molecule has 2 heterocycles. The van der Waals surface area contributed by atoms with E-state index in [1.165, 1.54) is 12.0 Å². The third-order valence-corrected chi connectivity index (χ3v) is 4.40. The normalized spacial score (nSPS) is 22.5. The Morgan fingerprint density at radius 2 is 1.83 bits per heavy atom. The summed E-state index contributed by atoms with van der Waals surface area (Å²) in [6.07, 6.45) is 0.239. The number of hydrogen-bond donors (Lipinski definition) is 1. The second-order valence-electron chi connectivity index (χ2n) is 5.63. The number of ether oxygens (including phenoxy) is 3. The zero-order chi connectivity index (χ0) is 16.4. The maximum absolute atomic E-state index is 12.7. The standard InChI is InChI=1S/C16H20N2O5/c1-21-13-4-3-11(9-14(13)22-2)18-15(19)10-12(16(18)20)17-5-7-23-8-6-17/h3-4,9,12H,5-8,10H2,1-2H3/p+1/t12-/m0/s1. The molecule has 3 rings (SSSR count). The van der Waals surface area contributed by atoms with E-state index < -0.39 is 0 Å². The highest BCUT2D eigenvalue weighted by atomic mass is 16.5. The number of hydrogen-bond acceptors (Lipinski definition) is 5. The topological polar surface area (TPSA) is 69.5 Å². The van der Waals surface area contributed by atoms with E-state index in [1.54, 1.807) is 25.3 Å². The minimum absolute atomic E-state index is 0.154. The van der Waals surface area contributed by atoms with Crippen LogP contribution in [0.3, 0.4) is 0 Å². The summed E-state index contributed by atoms with van der Waals surface area (Å²) in [6, 6.07) is 4.74. The van der Waals surface area contributed by atoms with Crippen molar-refractivity contribution < 1.29 is 28.7 Å². The summed E-state index contributed by atoms with van der Waals surface area (Å²) in [6.45, 7) is 2.76. The molecule has 0 bridgehead atoms. The van der Waals surface area contributed by atoms with Crippen molar-refractivity contribution in [1.82, 2.24) is 0 Å². The summed E-state index contributed by atoms with van der Waals surface area (Å²) >= 11 is 0. The number of quaternary nitrogens is 1. The molecule has 2 aliphatic rings. The Bertz CT molecular complexity index is 612. The molecule has 0 saturated carbocycles. The van der Waals surface area contributed by atoms with Gasteiger partial charge in [0.1, 0.15) is 13.1 Å². The van der Waals surface area contributed by atoms with Crippen LogP contribution in [0.25, 0.3) is 0 Å². The van der Waals surface area contributed by atoms with E-state index in [1.807, 2.05) is 0 Å². The highest BCUT2D eigenvalue weighted by molar-refractivity contribution is 6.22. The first kappa shape index (κ1) is 15.8. The van der Waals surface area contributed by atoms with Crippen LogP contribution in [0.4, 0.5) is 5.69 Å². The molecule has 1 aromatic carbocycles. The van der Waals surface area contributed by atoms with E-state index in [2.05, 4.69) is 0 Å². The minimum atomic E-state index is -0.320. The predicted octanol–water partition coefficient (Wildman–Crippen LogP) is -0.749. The summed E-state index contributed by atoms with van der Waals surface area (Å²) in [5, 5.41) is 0. The molecule has 124 valence electrons. The molecule has 1 aromatic rings. The first-order chi connectivity index (χ1) is 11.2. The molecule has 7 nitrogen and oxygen atoms in total. The number of nitrogens with zero attached hydrogens (tertiary/aromatic N) is 1. The lowest BCUT2D eigenvalue weighted by atomic mass is 10.2. The number of carbonyl (C=O) groups excluding carboxylic acids is 2. The van der Waals surface area contributed by atoms with Crippen molar-refractivity contribution >= 4 is 17.5 Å². The second-order valence-corrected chi connectivity index (χ2v) is 5.63. The first-order valence-corrected chi connectivity index (χ1v) is 7.67. The first-order valence-electron chi connectivity index (χ1n) is 7.67. The van der Waals surface area contributed by atoms with Crippen molar-refractivity contribution in [2.24, 2.45) is 0 Å². The molecule has 0 aliphatic carbocycles. The molecule has 7 heteroatoms. The molecule has 1 atom stereocenters. The predicted molar refractivity (Wildman–Crippen MR) is 82.0 cm³/mol. The quantitative estimate of drug-likeness (QED) is 0.739. The molecule has 0 aromatic heterocycles. The molecule has 1 N–H and O–H groups in total. The fraction of sp³-hybridized carbons (Fsp3) is 0.500. The third kappa shape index (κ3) is 2.89. The van der Waals surface area contributed by atoms with Gasteiger partial charge in [-0.2, -0.15) is 0 Å². The maximum Gasteiger partial charge on any atom is 0.292 e. The van der Waals surface area contributed by atoms with Gasteiger partial charge in [-0.25, -0.2) is 4.90 Å². The van der Waals surface area contributed by atoms with Crippen molar-refractivity contribution in [2.75, 3.05) is 45.4 Å². The fourth-order valence-electron chi connectivity index (χ4n) is 3.17. The van der Waals surface area contributed by atoms with Crippen LogP contribution in [0.5, 0.6) is 11.5 Å². The van der Waals surface area contributed by atoms with Gasteiger partial charge in [0.2, 0.25) is 5.91 Å². The SMILES string of the molecule is COc1ccc(N2C(=O)C[C@H]([NH+]3CCOCC3)C2=O)cc1OC. The molecule has 2 fully saturated rings. The van der Waals surface area contributed by atoms with Gasteiger partial charge in [-0.15, -0.1) is 0 Å². The summed E-state index contributed by atoms with van der Waals surface area (Å²) in [5.41, 5.74) is 0.521. The number of nitrogens with one attached hydrogen (secondary N) is 1. The van der Waals surface area contributed by atoms with Gasteiger partial charge in [-0.3, -0.25) is 9.59 Å². The molecular weight excluding hydrogens is 300 g/mol. The zero-order valence-corrected chi connectivity index (χ0v) is 13.3. The number of carbonyl (C=O) groups is 2. The van der Waals surface area contributed by atoms with Gasteiger partial charge >= 0.3 is 0 Å². The van der Waals surface area contributed by atoms with Gasteiger partial charge in [0.25, 0.3) is 5.91 Å². The van der Waals surface area contributed by atoms with Crippen LogP contribution >= 0.6 is 0 Å². The van der Waals surface area contributed by atoms with Crippen LogP contribution in [0.2, 0.25) is 0 Å². The number of amides is 2. The van der Waals surface area contributed by atoms with Crippen LogP contribution < -0.4 is 19.3 Å². The van der Waals surface area contributed by atoms with Crippen LogP contribution in [0, 0.1) is 0 Å². The highest BCUT2D eigenvalue weighted by Crippen LogP contribution is 2.33. The number of imide groups is 1. The van der Waals surface area contributed by atoms with E-state index in [-0.39, 0.29) is 24.3 Å². The van der Waals surface area contributed by atoms with E-state index in [0.29, 0.717) is 30.4 Å². The third-order valence-electron chi connectivity index (χ3n) is 4.40. The Morgan fingerprint density at radius 1 is 1.13 bits per heavy atom. The van der Waals surface area contributed by atoms with Crippen LogP contribution in [0.1, 0.15) is 6.42 Å². The van der Waals surface area contributed by atoms with Gasteiger partial charge < -0.3 is 19.1 Å². The van der Waals surface area contributed by atoms with Crippen LogP contribution in [-0.2, 0) is 14.3 Å². The molecule has 2 aliphatic heterocycles. The number of benzene rings is 1. The average Bonchev–Trinajstić information content (AvgIpc) is 2.89. The molecule has 23 heavy (non-hydrogen) atoms. The summed E-state index contributed by atoms with van der Waals surface area (Å²) < 4.78 is 15.8. The molecule has 2 amide bonds. The maximum atomic E-state index is 12.7. The van der Waals surface area contributed by atoms with Gasteiger partial charge in [0, 0.05) is 6.07 Å². The number of methoxy groups -OCH3 is 2. The fourth-order valence-corrected chi connectivity index (χ4v) is 3.17. The molecule has 0 spiro atoms.